The Morgan fingerprint density at radius 3 is 2.56 bits per heavy atom. The molecule has 0 saturated carbocycles. The number of hydrogen-bond acceptors (Lipinski definition) is 2. The normalized spacial score (nSPS) is 26.2. The van der Waals surface area contributed by atoms with Gasteiger partial charge in [-0.2, -0.15) is 0 Å². The van der Waals surface area contributed by atoms with Crippen LogP contribution in [0.4, 0.5) is 0 Å². The van der Waals surface area contributed by atoms with Crippen LogP contribution >= 0.6 is 0 Å². The number of aliphatic carboxylic acids is 1. The van der Waals surface area contributed by atoms with Crippen molar-refractivity contribution in [3.63, 3.8) is 0 Å². The van der Waals surface area contributed by atoms with Gasteiger partial charge in [0.05, 0.1) is 5.41 Å². The van der Waals surface area contributed by atoms with E-state index in [4.69, 9.17) is 5.11 Å². The summed E-state index contributed by atoms with van der Waals surface area (Å²) >= 11 is 0. The van der Waals surface area contributed by atoms with Crippen LogP contribution in [0, 0.1) is 11.3 Å². The Labute approximate surface area is 112 Å². The molecule has 1 heterocycles. The van der Waals surface area contributed by atoms with Gasteiger partial charge in [0.1, 0.15) is 0 Å². The van der Waals surface area contributed by atoms with Crippen LogP contribution < -0.4 is 0 Å². The fourth-order valence-electron chi connectivity index (χ4n) is 2.78. The molecule has 2 atom stereocenters. The SMILES string of the molecule is CC1CCN(CCCCC(C)(C)C(=O)O)C(C)C1. The maximum atomic E-state index is 11.0. The van der Waals surface area contributed by atoms with E-state index in [0.717, 1.165) is 31.7 Å². The molecule has 1 aliphatic heterocycles. The summed E-state index contributed by atoms with van der Waals surface area (Å²) in [6.45, 7) is 10.6. The summed E-state index contributed by atoms with van der Waals surface area (Å²) in [6.07, 6.45) is 5.53. The van der Waals surface area contributed by atoms with E-state index in [9.17, 15) is 4.79 Å². The van der Waals surface area contributed by atoms with Gasteiger partial charge in [-0.05, 0) is 65.5 Å². The molecule has 1 fully saturated rings. The van der Waals surface area contributed by atoms with Crippen molar-refractivity contribution in [3.05, 3.63) is 0 Å². The summed E-state index contributed by atoms with van der Waals surface area (Å²) in [7, 11) is 0. The molecule has 0 amide bonds. The third-order valence-corrected chi connectivity index (χ3v) is 4.35. The molecule has 0 aromatic carbocycles. The van der Waals surface area contributed by atoms with Crippen LogP contribution in [0.3, 0.4) is 0 Å². The van der Waals surface area contributed by atoms with Crippen molar-refractivity contribution >= 4 is 5.97 Å². The second-order valence-corrected chi connectivity index (χ2v) is 6.66. The molecule has 1 rings (SSSR count). The monoisotopic (exact) mass is 255 g/mol. The van der Waals surface area contributed by atoms with Gasteiger partial charge >= 0.3 is 5.97 Å². The second kappa shape index (κ2) is 6.55. The number of hydrogen-bond donors (Lipinski definition) is 1. The first kappa shape index (κ1) is 15.5. The molecule has 3 nitrogen and oxygen atoms in total. The lowest BCUT2D eigenvalue weighted by molar-refractivity contribution is -0.147. The number of nitrogens with zero attached hydrogens (tertiary/aromatic N) is 1. The van der Waals surface area contributed by atoms with Crippen molar-refractivity contribution in [2.24, 2.45) is 11.3 Å². The highest BCUT2D eigenvalue weighted by Crippen LogP contribution is 2.25. The number of carboxylic acids is 1. The topological polar surface area (TPSA) is 40.5 Å². The number of carboxylic acid groups (broad SMARTS) is 1. The predicted octanol–water partition coefficient (Wildman–Crippen LogP) is 3.39. The van der Waals surface area contributed by atoms with Crippen LogP contribution in [-0.2, 0) is 4.79 Å². The lowest BCUT2D eigenvalue weighted by Crippen LogP contribution is -2.40. The first-order valence-electron chi connectivity index (χ1n) is 7.30. The predicted molar refractivity (Wildman–Crippen MR) is 74.7 cm³/mol. The van der Waals surface area contributed by atoms with Crippen molar-refractivity contribution in [2.75, 3.05) is 13.1 Å². The zero-order valence-electron chi connectivity index (χ0n) is 12.4. The van der Waals surface area contributed by atoms with E-state index in [-0.39, 0.29) is 0 Å². The summed E-state index contributed by atoms with van der Waals surface area (Å²) in [5.74, 6) is 0.185. The van der Waals surface area contributed by atoms with Gasteiger partial charge in [0.15, 0.2) is 0 Å². The minimum atomic E-state index is -0.678. The molecule has 18 heavy (non-hydrogen) atoms. The molecule has 0 aromatic rings. The highest BCUT2D eigenvalue weighted by Gasteiger charge is 2.27. The van der Waals surface area contributed by atoms with Crippen LogP contribution in [-0.4, -0.2) is 35.1 Å². The Bertz CT molecular complexity index is 276. The highest BCUT2D eigenvalue weighted by molar-refractivity contribution is 5.73. The van der Waals surface area contributed by atoms with Gasteiger partial charge in [0.2, 0.25) is 0 Å². The first-order valence-corrected chi connectivity index (χ1v) is 7.30. The molecule has 2 unspecified atom stereocenters. The summed E-state index contributed by atoms with van der Waals surface area (Å²) in [6, 6.07) is 0.696. The fraction of sp³-hybridized carbons (Fsp3) is 0.933. The molecule has 1 saturated heterocycles. The summed E-state index contributed by atoms with van der Waals surface area (Å²) in [5.41, 5.74) is -0.567. The van der Waals surface area contributed by atoms with Crippen LogP contribution in [0.5, 0.6) is 0 Å². The molecule has 0 bridgehead atoms. The van der Waals surface area contributed by atoms with Crippen molar-refractivity contribution < 1.29 is 9.90 Å². The minimum Gasteiger partial charge on any atom is -0.481 e. The number of rotatable bonds is 6. The van der Waals surface area contributed by atoms with Gasteiger partial charge in [-0.1, -0.05) is 13.3 Å². The quantitative estimate of drug-likeness (QED) is 0.740. The average molecular weight is 255 g/mol. The molecule has 3 heteroatoms. The van der Waals surface area contributed by atoms with E-state index >= 15 is 0 Å². The molecule has 0 radical (unpaired) electrons. The number of likely N-dealkylation sites (tertiary alicyclic amines) is 1. The second-order valence-electron chi connectivity index (χ2n) is 6.66. The van der Waals surface area contributed by atoms with E-state index in [1.807, 2.05) is 13.8 Å². The van der Waals surface area contributed by atoms with Crippen molar-refractivity contribution in [1.82, 2.24) is 4.90 Å². The average Bonchev–Trinajstić information content (AvgIpc) is 2.26. The highest BCUT2D eigenvalue weighted by atomic mass is 16.4. The lowest BCUT2D eigenvalue weighted by Gasteiger charge is -2.36. The van der Waals surface area contributed by atoms with Gasteiger partial charge < -0.3 is 10.0 Å². The Hall–Kier alpha value is -0.570. The van der Waals surface area contributed by atoms with Gasteiger partial charge in [0.25, 0.3) is 0 Å². The van der Waals surface area contributed by atoms with Crippen molar-refractivity contribution in [1.29, 1.82) is 0 Å². The van der Waals surface area contributed by atoms with Gasteiger partial charge in [-0.3, -0.25) is 4.79 Å². The van der Waals surface area contributed by atoms with Crippen molar-refractivity contribution in [2.45, 2.75) is 65.8 Å². The number of unbranched alkanes of at least 4 members (excludes halogenated alkanes) is 1. The molecule has 106 valence electrons. The van der Waals surface area contributed by atoms with Crippen LogP contribution in [0.2, 0.25) is 0 Å². The third-order valence-electron chi connectivity index (χ3n) is 4.35. The molecule has 0 spiro atoms. The van der Waals surface area contributed by atoms with Gasteiger partial charge in [-0.25, -0.2) is 0 Å². The molecular formula is C15H29NO2. The zero-order valence-corrected chi connectivity index (χ0v) is 12.4. The number of carbonyl (C=O) groups is 1. The smallest absolute Gasteiger partial charge is 0.309 e. The van der Waals surface area contributed by atoms with E-state index in [1.165, 1.54) is 19.4 Å². The van der Waals surface area contributed by atoms with Crippen molar-refractivity contribution in [3.8, 4) is 0 Å². The van der Waals surface area contributed by atoms with E-state index in [1.54, 1.807) is 0 Å². The van der Waals surface area contributed by atoms with E-state index in [2.05, 4.69) is 18.7 Å². The summed E-state index contributed by atoms with van der Waals surface area (Å²) in [4.78, 5) is 13.6. The Morgan fingerprint density at radius 1 is 1.33 bits per heavy atom. The van der Waals surface area contributed by atoms with Crippen LogP contribution in [0.25, 0.3) is 0 Å². The largest absolute Gasteiger partial charge is 0.481 e. The van der Waals surface area contributed by atoms with Crippen LogP contribution in [0.15, 0.2) is 0 Å². The van der Waals surface area contributed by atoms with E-state index < -0.39 is 11.4 Å². The lowest BCUT2D eigenvalue weighted by atomic mass is 9.87. The van der Waals surface area contributed by atoms with E-state index in [0.29, 0.717) is 6.04 Å². The summed E-state index contributed by atoms with van der Waals surface area (Å²) in [5, 5.41) is 9.05. The molecular weight excluding hydrogens is 226 g/mol. The summed E-state index contributed by atoms with van der Waals surface area (Å²) < 4.78 is 0. The fourth-order valence-corrected chi connectivity index (χ4v) is 2.78. The molecule has 1 N–H and O–H groups in total. The third kappa shape index (κ3) is 4.60. The number of piperidine rings is 1. The minimum absolute atomic E-state index is 0.567. The Morgan fingerprint density at radius 2 is 2.00 bits per heavy atom. The zero-order chi connectivity index (χ0) is 13.8. The molecule has 1 aliphatic rings. The maximum absolute atomic E-state index is 11.0. The first-order chi connectivity index (χ1) is 8.33. The van der Waals surface area contributed by atoms with Crippen LogP contribution in [0.1, 0.15) is 59.8 Å². The standard InChI is InChI=1S/C15H29NO2/c1-12-7-10-16(13(2)11-12)9-6-5-8-15(3,4)14(17)18/h12-13H,5-11H2,1-4H3,(H,17,18). The maximum Gasteiger partial charge on any atom is 0.309 e. The molecule has 0 aliphatic carbocycles. The van der Waals surface area contributed by atoms with Gasteiger partial charge in [-0.15, -0.1) is 0 Å². The Balaban J connectivity index is 2.20. The Kier molecular flexibility index (Phi) is 5.64. The van der Waals surface area contributed by atoms with Gasteiger partial charge in [0, 0.05) is 6.04 Å². The molecule has 0 aromatic heterocycles.